The Morgan fingerprint density at radius 1 is 1.19 bits per heavy atom. The van der Waals surface area contributed by atoms with Crippen LogP contribution in [-0.4, -0.2) is 54.6 Å². The molecule has 0 unspecified atom stereocenters. The number of guanidine groups is 1. The summed E-state index contributed by atoms with van der Waals surface area (Å²) >= 11 is 0. The summed E-state index contributed by atoms with van der Waals surface area (Å²) in [7, 11) is -4.67. The zero-order valence-corrected chi connectivity index (χ0v) is 11.9. The highest BCUT2D eigenvalue weighted by Gasteiger charge is 2.19. The van der Waals surface area contributed by atoms with Crippen molar-refractivity contribution in [3.63, 3.8) is 0 Å². The minimum atomic E-state index is -4.67. The summed E-state index contributed by atoms with van der Waals surface area (Å²) in [5, 5.41) is 7.31. The van der Waals surface area contributed by atoms with E-state index < -0.39 is 10.4 Å². The van der Waals surface area contributed by atoms with Crippen molar-refractivity contribution in [3.8, 4) is 0 Å². The van der Waals surface area contributed by atoms with Crippen molar-refractivity contribution >= 4 is 22.0 Å². The molecule has 118 valence electrons. The van der Waals surface area contributed by atoms with Gasteiger partial charge in [0.15, 0.2) is 5.96 Å². The Morgan fingerprint density at radius 2 is 1.67 bits per heavy atom. The number of hydrogen-bond donors (Lipinski definition) is 4. The minimum absolute atomic E-state index is 0.0909. The second kappa shape index (κ2) is 7.20. The first-order valence-electron chi connectivity index (χ1n) is 5.97. The molecule has 5 N–H and O–H groups in total. The highest BCUT2D eigenvalue weighted by Crippen LogP contribution is 2.19. The molecule has 2 rings (SSSR count). The molecule has 0 saturated carbocycles. The van der Waals surface area contributed by atoms with Crippen LogP contribution < -0.4 is 10.6 Å². The fourth-order valence-electron chi connectivity index (χ4n) is 1.90. The number of anilines is 1. The summed E-state index contributed by atoms with van der Waals surface area (Å²) in [5.41, 5.74) is 6.03. The maximum atomic E-state index is 13.5. The number of nitrogens with two attached hydrogens (primary N) is 1. The molecule has 1 fully saturated rings. The number of rotatable bonds is 1. The van der Waals surface area contributed by atoms with E-state index in [2.05, 4.69) is 0 Å². The molecule has 10 heteroatoms. The molecule has 0 bridgehead atoms. The van der Waals surface area contributed by atoms with Crippen LogP contribution in [0.25, 0.3) is 0 Å². The number of halogens is 1. The van der Waals surface area contributed by atoms with Crippen molar-refractivity contribution in [1.82, 2.24) is 4.90 Å². The Kier molecular flexibility index (Phi) is 5.88. The summed E-state index contributed by atoms with van der Waals surface area (Å²) in [6.07, 6.45) is 0. The van der Waals surface area contributed by atoms with Gasteiger partial charge < -0.3 is 15.5 Å². The van der Waals surface area contributed by atoms with Crippen LogP contribution in [0.4, 0.5) is 10.1 Å². The predicted molar refractivity (Wildman–Crippen MR) is 76.3 cm³/mol. The summed E-state index contributed by atoms with van der Waals surface area (Å²) in [5.74, 6) is -0.105. The van der Waals surface area contributed by atoms with Crippen molar-refractivity contribution in [2.75, 3.05) is 31.1 Å². The number of nitrogens with zero attached hydrogens (tertiary/aromatic N) is 2. The lowest BCUT2D eigenvalue weighted by atomic mass is 10.2. The first-order chi connectivity index (χ1) is 9.68. The Hall–Kier alpha value is -1.91. The molecule has 1 heterocycles. The maximum Gasteiger partial charge on any atom is 0.394 e. The SMILES string of the molecule is N=C(N)N1CCN(c2ccccc2F)CC1.O=S(=O)(O)O. The molecule has 0 amide bonds. The minimum Gasteiger partial charge on any atom is -0.370 e. The number of benzene rings is 1. The normalized spacial score (nSPS) is 15.2. The number of piperazine rings is 1. The van der Waals surface area contributed by atoms with E-state index >= 15 is 0 Å². The van der Waals surface area contributed by atoms with E-state index in [0.717, 1.165) is 0 Å². The Labute approximate surface area is 122 Å². The monoisotopic (exact) mass is 320 g/mol. The van der Waals surface area contributed by atoms with Gasteiger partial charge in [-0.15, -0.1) is 0 Å². The van der Waals surface area contributed by atoms with E-state index in [1.54, 1.807) is 17.0 Å². The largest absolute Gasteiger partial charge is 0.394 e. The molecular weight excluding hydrogens is 303 g/mol. The number of hydrogen-bond acceptors (Lipinski definition) is 4. The third-order valence-electron chi connectivity index (χ3n) is 2.81. The second-order valence-electron chi connectivity index (χ2n) is 4.26. The van der Waals surface area contributed by atoms with Crippen molar-refractivity contribution in [2.45, 2.75) is 0 Å². The molecule has 0 atom stereocenters. The second-order valence-corrected chi connectivity index (χ2v) is 5.15. The Morgan fingerprint density at radius 3 is 2.10 bits per heavy atom. The predicted octanol–water partition coefficient (Wildman–Crippen LogP) is 0.188. The van der Waals surface area contributed by atoms with E-state index in [9.17, 15) is 4.39 Å². The number of para-hydroxylation sites is 1. The summed E-state index contributed by atoms with van der Waals surface area (Å²) < 4.78 is 45.1. The van der Waals surface area contributed by atoms with E-state index in [1.165, 1.54) is 6.07 Å². The van der Waals surface area contributed by atoms with Crippen LogP contribution in [0.3, 0.4) is 0 Å². The zero-order valence-electron chi connectivity index (χ0n) is 11.1. The van der Waals surface area contributed by atoms with Gasteiger partial charge in [0, 0.05) is 26.2 Å². The summed E-state index contributed by atoms with van der Waals surface area (Å²) in [6, 6.07) is 6.76. The molecule has 0 spiro atoms. The van der Waals surface area contributed by atoms with Gasteiger partial charge in [0.05, 0.1) is 5.69 Å². The van der Waals surface area contributed by atoms with Gasteiger partial charge in [-0.25, -0.2) is 4.39 Å². The lowest BCUT2D eigenvalue weighted by molar-refractivity contribution is 0.378. The molecule has 0 aromatic heterocycles. The molecule has 21 heavy (non-hydrogen) atoms. The molecule has 1 aromatic carbocycles. The van der Waals surface area contributed by atoms with E-state index in [-0.39, 0.29) is 11.8 Å². The van der Waals surface area contributed by atoms with E-state index in [4.69, 9.17) is 28.7 Å². The lowest BCUT2D eigenvalue weighted by Gasteiger charge is -2.36. The molecule has 1 aliphatic rings. The molecule has 1 aromatic rings. The number of nitrogens with one attached hydrogen (secondary N) is 1. The molecule has 0 radical (unpaired) electrons. The van der Waals surface area contributed by atoms with Crippen LogP contribution in [-0.2, 0) is 10.4 Å². The van der Waals surface area contributed by atoms with Crippen LogP contribution in [0.2, 0.25) is 0 Å². The quantitative estimate of drug-likeness (QED) is 0.330. The first kappa shape index (κ1) is 17.1. The van der Waals surface area contributed by atoms with Crippen LogP contribution in [0.5, 0.6) is 0 Å². The fourth-order valence-corrected chi connectivity index (χ4v) is 1.90. The van der Waals surface area contributed by atoms with Crippen molar-refractivity contribution in [3.05, 3.63) is 30.1 Å². The molecule has 0 aliphatic carbocycles. The van der Waals surface area contributed by atoms with Gasteiger partial charge in [0.1, 0.15) is 5.82 Å². The Bertz CT molecular complexity index is 580. The molecular formula is C11H17FN4O4S. The summed E-state index contributed by atoms with van der Waals surface area (Å²) in [6.45, 7) is 2.73. The van der Waals surface area contributed by atoms with Crippen LogP contribution in [0.15, 0.2) is 24.3 Å². The van der Waals surface area contributed by atoms with E-state index in [0.29, 0.717) is 31.9 Å². The molecule has 1 saturated heterocycles. The summed E-state index contributed by atoms with van der Waals surface area (Å²) in [4.78, 5) is 3.77. The van der Waals surface area contributed by atoms with E-state index in [1.807, 2.05) is 11.0 Å². The lowest BCUT2D eigenvalue weighted by Crippen LogP contribution is -2.51. The standard InChI is InChI=1S/C11H15FN4.H2O4S/c12-9-3-1-2-4-10(9)15-5-7-16(8-6-15)11(13)14;1-5(2,3)4/h1-4H,5-8H2,(H3,13,14);(H2,1,2,3,4). The van der Waals surface area contributed by atoms with Crippen LogP contribution >= 0.6 is 0 Å². The van der Waals surface area contributed by atoms with Gasteiger partial charge in [-0.1, -0.05) is 12.1 Å². The van der Waals surface area contributed by atoms with Crippen molar-refractivity contribution in [2.24, 2.45) is 5.73 Å². The van der Waals surface area contributed by atoms with Gasteiger partial charge >= 0.3 is 10.4 Å². The average molecular weight is 320 g/mol. The van der Waals surface area contributed by atoms with Gasteiger partial charge in [-0.05, 0) is 12.1 Å². The molecule has 1 aliphatic heterocycles. The highest BCUT2D eigenvalue weighted by atomic mass is 32.3. The average Bonchev–Trinajstić information content (AvgIpc) is 2.37. The third kappa shape index (κ3) is 6.38. The van der Waals surface area contributed by atoms with Gasteiger partial charge in [-0.3, -0.25) is 14.5 Å². The zero-order chi connectivity index (χ0) is 16.0. The van der Waals surface area contributed by atoms with Gasteiger partial charge in [0.25, 0.3) is 0 Å². The van der Waals surface area contributed by atoms with Crippen LogP contribution in [0.1, 0.15) is 0 Å². The van der Waals surface area contributed by atoms with Crippen molar-refractivity contribution < 1.29 is 21.9 Å². The third-order valence-corrected chi connectivity index (χ3v) is 2.81. The maximum absolute atomic E-state index is 13.5. The van der Waals surface area contributed by atoms with Crippen LogP contribution in [0, 0.1) is 11.2 Å². The van der Waals surface area contributed by atoms with Gasteiger partial charge in [-0.2, -0.15) is 8.42 Å². The smallest absolute Gasteiger partial charge is 0.370 e. The first-order valence-corrected chi connectivity index (χ1v) is 7.36. The Balaban J connectivity index is 0.000000383. The molecule has 8 nitrogen and oxygen atoms in total. The van der Waals surface area contributed by atoms with Gasteiger partial charge in [0.2, 0.25) is 0 Å². The van der Waals surface area contributed by atoms with Crippen molar-refractivity contribution in [1.29, 1.82) is 5.41 Å². The topological polar surface area (TPSA) is 131 Å². The fraction of sp³-hybridized carbons (Fsp3) is 0.364. The highest BCUT2D eigenvalue weighted by molar-refractivity contribution is 7.79.